The summed E-state index contributed by atoms with van der Waals surface area (Å²) in [6, 6.07) is 3.93. The van der Waals surface area contributed by atoms with Crippen molar-refractivity contribution in [3.8, 4) is 10.6 Å². The number of hydrogen-bond donors (Lipinski definition) is 0. The molecule has 0 fully saturated rings. The summed E-state index contributed by atoms with van der Waals surface area (Å²) in [4.78, 5) is 28.8. The van der Waals surface area contributed by atoms with E-state index in [1.54, 1.807) is 42.6 Å². The Bertz CT molecular complexity index is 921. The first-order valence-electron chi connectivity index (χ1n) is 8.53. The molecule has 0 spiro atoms. The van der Waals surface area contributed by atoms with Gasteiger partial charge in [-0.1, -0.05) is 5.16 Å². The zero-order valence-corrected chi connectivity index (χ0v) is 15.5. The molecule has 26 heavy (non-hydrogen) atoms. The van der Waals surface area contributed by atoms with Gasteiger partial charge in [-0.3, -0.25) is 9.78 Å². The molecule has 0 aliphatic heterocycles. The van der Waals surface area contributed by atoms with E-state index in [1.165, 1.54) is 4.88 Å². The van der Waals surface area contributed by atoms with Crippen molar-refractivity contribution in [2.75, 3.05) is 7.05 Å². The second-order valence-corrected chi connectivity index (χ2v) is 7.57. The van der Waals surface area contributed by atoms with E-state index in [4.69, 9.17) is 9.51 Å². The highest BCUT2D eigenvalue weighted by Gasteiger charge is 2.30. The number of aromatic nitrogens is 4. The van der Waals surface area contributed by atoms with Crippen molar-refractivity contribution in [1.29, 1.82) is 0 Å². The quantitative estimate of drug-likeness (QED) is 0.703. The standard InChI is InChI=1S/C18H19N5O2S/c1-11-20-16(22-25-11)10-23(2)18(24)13-3-4-15-14(9-13)21-17(26-15)12-5-7-19-8-6-12/h5-8,13H,3-4,9-10H2,1-2H3. The summed E-state index contributed by atoms with van der Waals surface area (Å²) in [5, 5.41) is 4.86. The molecule has 0 N–H and O–H groups in total. The number of rotatable bonds is 4. The first-order valence-corrected chi connectivity index (χ1v) is 9.35. The Morgan fingerprint density at radius 3 is 2.88 bits per heavy atom. The van der Waals surface area contributed by atoms with Crippen molar-refractivity contribution in [3.63, 3.8) is 0 Å². The van der Waals surface area contributed by atoms with E-state index < -0.39 is 0 Å². The maximum Gasteiger partial charge on any atom is 0.226 e. The highest BCUT2D eigenvalue weighted by molar-refractivity contribution is 7.15. The van der Waals surface area contributed by atoms with Crippen LogP contribution in [-0.4, -0.2) is 38.0 Å². The van der Waals surface area contributed by atoms with E-state index in [1.807, 2.05) is 12.1 Å². The van der Waals surface area contributed by atoms with Crippen LogP contribution in [0, 0.1) is 12.8 Å². The molecule has 134 valence electrons. The number of carbonyl (C=O) groups excluding carboxylic acids is 1. The Labute approximate surface area is 155 Å². The van der Waals surface area contributed by atoms with Crippen LogP contribution < -0.4 is 0 Å². The third-order valence-corrected chi connectivity index (χ3v) is 5.75. The van der Waals surface area contributed by atoms with Crippen LogP contribution in [0.2, 0.25) is 0 Å². The zero-order chi connectivity index (χ0) is 18.1. The van der Waals surface area contributed by atoms with Crippen LogP contribution in [0.25, 0.3) is 10.6 Å². The molecule has 1 atom stereocenters. The molecule has 0 radical (unpaired) electrons. The minimum Gasteiger partial charge on any atom is -0.340 e. The molecule has 8 heteroatoms. The first-order chi connectivity index (χ1) is 12.6. The van der Waals surface area contributed by atoms with Gasteiger partial charge in [-0.15, -0.1) is 11.3 Å². The Hall–Kier alpha value is -2.61. The summed E-state index contributed by atoms with van der Waals surface area (Å²) >= 11 is 1.72. The number of thiazole rings is 1. The van der Waals surface area contributed by atoms with Crippen molar-refractivity contribution in [2.24, 2.45) is 5.92 Å². The molecule has 1 aliphatic carbocycles. The summed E-state index contributed by atoms with van der Waals surface area (Å²) < 4.78 is 4.97. The predicted molar refractivity (Wildman–Crippen MR) is 96.4 cm³/mol. The molecular weight excluding hydrogens is 350 g/mol. The molecule has 1 amide bonds. The fourth-order valence-corrected chi connectivity index (χ4v) is 4.32. The fourth-order valence-electron chi connectivity index (χ4n) is 3.21. The van der Waals surface area contributed by atoms with Crippen LogP contribution in [-0.2, 0) is 24.2 Å². The van der Waals surface area contributed by atoms with Gasteiger partial charge in [0.1, 0.15) is 5.01 Å². The number of hydrogen-bond acceptors (Lipinski definition) is 7. The van der Waals surface area contributed by atoms with Gasteiger partial charge in [0.15, 0.2) is 5.82 Å². The minimum absolute atomic E-state index is 0.0483. The van der Waals surface area contributed by atoms with Gasteiger partial charge in [-0.2, -0.15) is 4.98 Å². The smallest absolute Gasteiger partial charge is 0.226 e. The second kappa shape index (κ2) is 6.95. The monoisotopic (exact) mass is 369 g/mol. The maximum absolute atomic E-state index is 12.8. The van der Waals surface area contributed by atoms with Gasteiger partial charge < -0.3 is 9.42 Å². The van der Waals surface area contributed by atoms with Crippen LogP contribution in [0.3, 0.4) is 0 Å². The molecule has 7 nitrogen and oxygen atoms in total. The number of fused-ring (bicyclic) bond motifs is 1. The number of carbonyl (C=O) groups is 1. The molecule has 3 aromatic rings. The molecule has 1 unspecified atom stereocenters. The van der Waals surface area contributed by atoms with E-state index in [-0.39, 0.29) is 11.8 Å². The van der Waals surface area contributed by atoms with Crippen molar-refractivity contribution >= 4 is 17.2 Å². The lowest BCUT2D eigenvalue weighted by Gasteiger charge is -2.25. The van der Waals surface area contributed by atoms with E-state index in [2.05, 4.69) is 15.1 Å². The third kappa shape index (κ3) is 3.37. The Morgan fingerprint density at radius 2 is 2.15 bits per heavy atom. The maximum atomic E-state index is 12.8. The molecular formula is C18H19N5O2S. The topological polar surface area (TPSA) is 85.0 Å². The average molecular weight is 369 g/mol. The fraction of sp³-hybridized carbons (Fsp3) is 0.389. The molecule has 3 aromatic heterocycles. The second-order valence-electron chi connectivity index (χ2n) is 6.49. The summed E-state index contributed by atoms with van der Waals surface area (Å²) in [7, 11) is 1.78. The number of nitrogens with zero attached hydrogens (tertiary/aromatic N) is 5. The number of amides is 1. The van der Waals surface area contributed by atoms with Crippen molar-refractivity contribution in [3.05, 3.63) is 46.8 Å². The molecule has 0 bridgehead atoms. The van der Waals surface area contributed by atoms with E-state index in [0.29, 0.717) is 24.7 Å². The van der Waals surface area contributed by atoms with Gasteiger partial charge in [0, 0.05) is 49.1 Å². The van der Waals surface area contributed by atoms with Crippen molar-refractivity contribution in [2.45, 2.75) is 32.7 Å². The summed E-state index contributed by atoms with van der Waals surface area (Å²) in [5.41, 5.74) is 2.13. The van der Waals surface area contributed by atoms with Crippen LogP contribution in [0.15, 0.2) is 29.0 Å². The largest absolute Gasteiger partial charge is 0.340 e. The van der Waals surface area contributed by atoms with Gasteiger partial charge >= 0.3 is 0 Å². The van der Waals surface area contributed by atoms with Gasteiger partial charge in [0.2, 0.25) is 11.8 Å². The van der Waals surface area contributed by atoms with Gasteiger partial charge in [-0.25, -0.2) is 4.98 Å². The minimum atomic E-state index is -0.0483. The van der Waals surface area contributed by atoms with Crippen LogP contribution in [0.5, 0.6) is 0 Å². The van der Waals surface area contributed by atoms with E-state index in [9.17, 15) is 4.79 Å². The lowest BCUT2D eigenvalue weighted by atomic mass is 9.90. The molecule has 3 heterocycles. The Kier molecular flexibility index (Phi) is 4.50. The van der Waals surface area contributed by atoms with Crippen molar-refractivity contribution in [1.82, 2.24) is 25.0 Å². The molecule has 0 saturated heterocycles. The normalized spacial score (nSPS) is 16.3. The van der Waals surface area contributed by atoms with Gasteiger partial charge in [0.05, 0.1) is 12.2 Å². The molecule has 4 rings (SSSR count). The van der Waals surface area contributed by atoms with Crippen LogP contribution >= 0.6 is 11.3 Å². The van der Waals surface area contributed by atoms with Gasteiger partial charge in [0.25, 0.3) is 0 Å². The van der Waals surface area contributed by atoms with E-state index >= 15 is 0 Å². The Balaban J connectivity index is 1.46. The highest BCUT2D eigenvalue weighted by Crippen LogP contribution is 2.34. The van der Waals surface area contributed by atoms with Crippen molar-refractivity contribution < 1.29 is 9.32 Å². The van der Waals surface area contributed by atoms with Crippen LogP contribution in [0.1, 0.15) is 28.7 Å². The highest BCUT2D eigenvalue weighted by atomic mass is 32.1. The van der Waals surface area contributed by atoms with Gasteiger partial charge in [-0.05, 0) is 25.0 Å². The molecule has 1 aliphatic rings. The molecule has 0 aromatic carbocycles. The lowest BCUT2D eigenvalue weighted by molar-refractivity contribution is -0.135. The third-order valence-electron chi connectivity index (χ3n) is 4.54. The summed E-state index contributed by atoms with van der Waals surface area (Å²) in [6.07, 6.45) is 5.97. The average Bonchev–Trinajstić information content (AvgIpc) is 3.27. The summed E-state index contributed by atoms with van der Waals surface area (Å²) in [5.74, 6) is 1.10. The lowest BCUT2D eigenvalue weighted by Crippen LogP contribution is -2.35. The number of aryl methyl sites for hydroxylation is 2. The predicted octanol–water partition coefficient (Wildman–Crippen LogP) is 2.66. The van der Waals surface area contributed by atoms with Crippen LogP contribution in [0.4, 0.5) is 0 Å². The summed E-state index contributed by atoms with van der Waals surface area (Å²) in [6.45, 7) is 2.10. The zero-order valence-electron chi connectivity index (χ0n) is 14.7. The van der Waals surface area contributed by atoms with E-state index in [0.717, 1.165) is 29.1 Å². The number of pyridine rings is 1. The Morgan fingerprint density at radius 1 is 1.35 bits per heavy atom. The first kappa shape index (κ1) is 16.8. The molecule has 0 saturated carbocycles. The SMILES string of the molecule is Cc1nc(CN(C)C(=O)C2CCc3sc(-c4ccncc4)nc3C2)no1.